The monoisotopic (exact) mass is 499 g/mol. The summed E-state index contributed by atoms with van der Waals surface area (Å²) in [4.78, 5) is 1.88. The Labute approximate surface area is 203 Å². The zero-order valence-electron chi connectivity index (χ0n) is 19.1. The van der Waals surface area contributed by atoms with Gasteiger partial charge >= 0.3 is 0 Å². The quantitative estimate of drug-likeness (QED) is 0.581. The number of anilines is 1. The lowest BCUT2D eigenvalue weighted by Crippen LogP contribution is -2.39. The number of piperidine rings is 1. The highest BCUT2D eigenvalue weighted by Crippen LogP contribution is 2.56. The van der Waals surface area contributed by atoms with Crippen LogP contribution in [0.3, 0.4) is 0 Å². The van der Waals surface area contributed by atoms with Crippen molar-refractivity contribution in [2.24, 2.45) is 11.8 Å². The van der Waals surface area contributed by atoms with Crippen LogP contribution in [0.4, 0.5) is 14.5 Å². The molecule has 1 aliphatic carbocycles. The van der Waals surface area contributed by atoms with E-state index in [4.69, 9.17) is 0 Å². The first kappa shape index (κ1) is 22.6. The van der Waals surface area contributed by atoms with E-state index >= 15 is 8.78 Å². The molecule has 6 rings (SSSR count). The standard InChI is InChI=1S/C25H27F2N5O2S/c26-20-11-22(31-12-18-19(13-31)25(18)32-14-29-30-15-32)21(27)9-17(20)10-24-28-8-4-7-23(35(24,33)34)16-5-2-1-3-6-16/h1-3,5-6,9,11,14-15,18-19,23-25,28H,4,7-8,10,12-13H2/t18-,19+,23-,24?,25?/m0/s1. The van der Waals surface area contributed by atoms with Crippen LogP contribution in [0.25, 0.3) is 0 Å². The third-order valence-electron chi connectivity index (χ3n) is 7.77. The van der Waals surface area contributed by atoms with Gasteiger partial charge in [-0.25, -0.2) is 17.2 Å². The minimum Gasteiger partial charge on any atom is -0.368 e. The number of hydrogen-bond donors (Lipinski definition) is 1. The van der Waals surface area contributed by atoms with Crippen molar-refractivity contribution < 1.29 is 17.2 Å². The Morgan fingerprint density at radius 3 is 2.43 bits per heavy atom. The maximum Gasteiger partial charge on any atom is 0.173 e. The fourth-order valence-electron chi connectivity index (χ4n) is 5.91. The number of nitrogens with zero attached hydrogens (tertiary/aromatic N) is 4. The van der Waals surface area contributed by atoms with Crippen molar-refractivity contribution in [1.29, 1.82) is 0 Å². The lowest BCUT2D eigenvalue weighted by molar-refractivity contribution is 0.536. The average molecular weight is 500 g/mol. The molecule has 0 amide bonds. The first-order valence-electron chi connectivity index (χ1n) is 12.0. The van der Waals surface area contributed by atoms with E-state index in [9.17, 15) is 8.42 Å². The van der Waals surface area contributed by atoms with Crippen molar-refractivity contribution in [1.82, 2.24) is 20.1 Å². The van der Waals surface area contributed by atoms with Crippen LogP contribution in [-0.2, 0) is 16.3 Å². The molecule has 2 aliphatic heterocycles. The van der Waals surface area contributed by atoms with Crippen molar-refractivity contribution in [2.75, 3.05) is 24.5 Å². The molecule has 3 fully saturated rings. The van der Waals surface area contributed by atoms with Gasteiger partial charge in [-0.3, -0.25) is 0 Å². The van der Waals surface area contributed by atoms with Crippen LogP contribution >= 0.6 is 0 Å². The fraction of sp³-hybridized carbons (Fsp3) is 0.440. The molecule has 7 nitrogen and oxygen atoms in total. The molecule has 0 bridgehead atoms. The van der Waals surface area contributed by atoms with Crippen LogP contribution in [0, 0.1) is 23.5 Å². The molecule has 0 radical (unpaired) electrons. The Bertz CT molecular complexity index is 1310. The van der Waals surface area contributed by atoms with E-state index in [2.05, 4.69) is 15.5 Å². The molecule has 2 unspecified atom stereocenters. The van der Waals surface area contributed by atoms with Crippen LogP contribution in [-0.4, -0.2) is 48.2 Å². The van der Waals surface area contributed by atoms with Gasteiger partial charge in [0.1, 0.15) is 29.7 Å². The van der Waals surface area contributed by atoms with Crippen molar-refractivity contribution in [2.45, 2.75) is 35.9 Å². The number of halogens is 2. The van der Waals surface area contributed by atoms with E-state index < -0.39 is 32.1 Å². The van der Waals surface area contributed by atoms with Gasteiger partial charge in [-0.05, 0) is 36.6 Å². The summed E-state index contributed by atoms with van der Waals surface area (Å²) in [6.45, 7) is 1.79. The van der Waals surface area contributed by atoms with Gasteiger partial charge in [0.25, 0.3) is 0 Å². The molecule has 184 valence electrons. The second-order valence-corrected chi connectivity index (χ2v) is 12.1. The molecule has 35 heavy (non-hydrogen) atoms. The van der Waals surface area contributed by atoms with Gasteiger partial charge in [-0.1, -0.05) is 30.3 Å². The van der Waals surface area contributed by atoms with Crippen LogP contribution in [0.2, 0.25) is 0 Å². The van der Waals surface area contributed by atoms with Gasteiger partial charge in [0.05, 0.1) is 10.9 Å². The summed E-state index contributed by atoms with van der Waals surface area (Å²) < 4.78 is 59.3. The van der Waals surface area contributed by atoms with Gasteiger partial charge < -0.3 is 14.8 Å². The largest absolute Gasteiger partial charge is 0.368 e. The summed E-state index contributed by atoms with van der Waals surface area (Å²) in [6.07, 6.45) is 4.47. The lowest BCUT2D eigenvalue weighted by atomic mass is 10.1. The van der Waals surface area contributed by atoms with Gasteiger partial charge in [0.2, 0.25) is 0 Å². The number of hydrogen-bond acceptors (Lipinski definition) is 6. The smallest absolute Gasteiger partial charge is 0.173 e. The Kier molecular flexibility index (Phi) is 5.60. The number of sulfone groups is 1. The van der Waals surface area contributed by atoms with Crippen molar-refractivity contribution in [3.63, 3.8) is 0 Å². The van der Waals surface area contributed by atoms with Gasteiger partial charge in [0, 0.05) is 43.5 Å². The van der Waals surface area contributed by atoms with E-state index in [0.29, 0.717) is 50.4 Å². The second kappa shape index (κ2) is 8.67. The van der Waals surface area contributed by atoms with Crippen LogP contribution in [0.1, 0.15) is 35.3 Å². The molecule has 3 aliphatic rings. The second-order valence-electron chi connectivity index (χ2n) is 9.80. The van der Waals surface area contributed by atoms with E-state index in [1.807, 2.05) is 39.8 Å². The maximum absolute atomic E-state index is 15.2. The summed E-state index contributed by atoms with van der Waals surface area (Å²) in [5.74, 6) is -0.365. The Hall–Kier alpha value is -2.85. The number of fused-ring (bicyclic) bond motifs is 1. The van der Waals surface area contributed by atoms with Crippen LogP contribution in [0.5, 0.6) is 0 Å². The molecule has 0 spiro atoms. The highest BCUT2D eigenvalue weighted by molar-refractivity contribution is 7.92. The molecule has 1 aromatic heterocycles. The third-order valence-corrected chi connectivity index (χ3v) is 10.2. The molecule has 1 saturated carbocycles. The summed E-state index contributed by atoms with van der Waals surface area (Å²) in [6, 6.07) is 11.8. The summed E-state index contributed by atoms with van der Waals surface area (Å²) in [5.41, 5.74) is 1.05. The normalized spacial score (nSPS) is 29.5. The molecule has 2 saturated heterocycles. The predicted molar refractivity (Wildman–Crippen MR) is 127 cm³/mol. The van der Waals surface area contributed by atoms with E-state index in [1.165, 1.54) is 12.1 Å². The molecule has 1 N–H and O–H groups in total. The zero-order valence-corrected chi connectivity index (χ0v) is 19.9. The minimum atomic E-state index is -3.66. The van der Waals surface area contributed by atoms with E-state index in [-0.39, 0.29) is 17.7 Å². The number of rotatable bonds is 5. The van der Waals surface area contributed by atoms with Gasteiger partial charge in [-0.15, -0.1) is 10.2 Å². The molecular weight excluding hydrogens is 472 g/mol. The molecular formula is C25H27F2N5O2S. The van der Waals surface area contributed by atoms with Gasteiger partial charge in [-0.2, -0.15) is 0 Å². The molecule has 2 aromatic carbocycles. The summed E-state index contributed by atoms with van der Waals surface area (Å²) in [5, 5.41) is 9.13. The SMILES string of the molecule is O=S1(=O)C(Cc2cc(F)c(N3C[C@@H]4C(n5cnnc5)[C@@H]4C3)cc2F)NCCC[C@H]1c1ccccc1. The number of benzene rings is 2. The number of nitrogens with one attached hydrogen (secondary N) is 1. The Morgan fingerprint density at radius 2 is 1.71 bits per heavy atom. The van der Waals surface area contributed by atoms with Crippen LogP contribution in [0.15, 0.2) is 55.1 Å². The van der Waals surface area contributed by atoms with Crippen LogP contribution < -0.4 is 10.2 Å². The molecule has 3 aromatic rings. The van der Waals surface area contributed by atoms with Crippen molar-refractivity contribution in [3.8, 4) is 0 Å². The predicted octanol–water partition coefficient (Wildman–Crippen LogP) is 3.27. The minimum absolute atomic E-state index is 0.0766. The fourth-order valence-corrected chi connectivity index (χ4v) is 8.10. The Balaban J connectivity index is 1.20. The Morgan fingerprint density at radius 1 is 1.00 bits per heavy atom. The van der Waals surface area contributed by atoms with Gasteiger partial charge in [0.15, 0.2) is 9.84 Å². The lowest BCUT2D eigenvalue weighted by Gasteiger charge is -2.25. The maximum atomic E-state index is 15.2. The highest BCUT2D eigenvalue weighted by atomic mass is 32.2. The van der Waals surface area contributed by atoms with E-state index in [1.54, 1.807) is 12.7 Å². The summed E-state index contributed by atoms with van der Waals surface area (Å²) in [7, 11) is -3.66. The topological polar surface area (TPSA) is 80.1 Å². The summed E-state index contributed by atoms with van der Waals surface area (Å²) >= 11 is 0. The first-order chi connectivity index (χ1) is 16.9. The number of aromatic nitrogens is 3. The molecule has 5 atom stereocenters. The third kappa shape index (κ3) is 4.02. The van der Waals surface area contributed by atoms with E-state index in [0.717, 1.165) is 5.56 Å². The van der Waals surface area contributed by atoms with Crippen molar-refractivity contribution >= 4 is 15.5 Å². The van der Waals surface area contributed by atoms with Crippen molar-refractivity contribution in [3.05, 3.63) is 77.9 Å². The zero-order chi connectivity index (χ0) is 24.2. The molecule has 10 heteroatoms. The average Bonchev–Trinajstić information content (AvgIpc) is 3.19. The molecule has 3 heterocycles. The first-order valence-corrected chi connectivity index (χ1v) is 13.6. The highest BCUT2D eigenvalue weighted by Gasteiger charge is 2.57.